The molecule has 8 heteroatoms. The number of hydrogen-bond acceptors (Lipinski definition) is 6. The Morgan fingerprint density at radius 1 is 1.12 bits per heavy atom. The van der Waals surface area contributed by atoms with Gasteiger partial charge in [-0.05, 0) is 100 Å². The molecule has 1 aromatic heterocycles. The standard InChI is InChI=1S/C27H33NO3.C7H14N2O2/c1-24(2)22(29)15-20-19-11-10-16-14-18-17-8-6-7-9-21(17)28-23(18)26(16,4)25(19,3)12-13-27(20,30-5)31-24;1-5(2)6(9(3)4)7(10)8-11/h6-9,15-16,19,28H,10-14H2,1-5H3;5-6H,1-4H3/t16-,19?,25-,26+,27-;/m0./s1. The maximum absolute atomic E-state index is 13.0. The number of aromatic nitrogens is 1. The van der Waals surface area contributed by atoms with E-state index in [1.807, 2.05) is 33.8 Å². The number of benzene rings is 1. The fourth-order valence-corrected chi connectivity index (χ4v) is 8.98. The molecule has 2 aromatic rings. The Balaban J connectivity index is 0.000000276. The Kier molecular flexibility index (Phi) is 7.69. The van der Waals surface area contributed by atoms with Crippen molar-refractivity contribution in [3.8, 4) is 0 Å². The van der Waals surface area contributed by atoms with E-state index in [-0.39, 0.29) is 34.5 Å². The van der Waals surface area contributed by atoms with Crippen LogP contribution in [0.4, 0.5) is 0 Å². The number of fused-ring (bicyclic) bond motifs is 9. The molecule has 6 atom stereocenters. The van der Waals surface area contributed by atoms with Crippen LogP contribution in [0.15, 0.2) is 41.1 Å². The molecule has 0 saturated heterocycles. The molecule has 228 valence electrons. The van der Waals surface area contributed by atoms with Crippen molar-refractivity contribution in [1.82, 2.24) is 9.88 Å². The van der Waals surface area contributed by atoms with E-state index >= 15 is 0 Å². The molecule has 8 nitrogen and oxygen atoms in total. The zero-order chi connectivity index (χ0) is 30.8. The third-order valence-corrected chi connectivity index (χ3v) is 11.3. The molecular formula is C34H47N3O5. The SMILES string of the molecule is CC(C)C(C(=O)N=O)N(C)C.CO[C@]12CC[C@@]3(C)C(CC[C@H]4Cc5c([nH]c6ccccc56)[C@@]43C)C1=CC(=O)C(C)(C)O2. The van der Waals surface area contributed by atoms with E-state index in [2.05, 4.69) is 48.3 Å². The maximum Gasteiger partial charge on any atom is 0.303 e. The van der Waals surface area contributed by atoms with Gasteiger partial charge in [-0.15, -0.1) is 4.91 Å². The lowest BCUT2D eigenvalue weighted by Gasteiger charge is -2.63. The molecule has 0 radical (unpaired) electrons. The van der Waals surface area contributed by atoms with Crippen LogP contribution in [0, 0.1) is 28.1 Å². The van der Waals surface area contributed by atoms with Crippen LogP contribution < -0.4 is 0 Å². The Bertz CT molecular complexity index is 1430. The van der Waals surface area contributed by atoms with Gasteiger partial charge in [-0.1, -0.05) is 45.9 Å². The number of nitrogens with one attached hydrogen (secondary N) is 1. The van der Waals surface area contributed by atoms with Gasteiger partial charge in [0.2, 0.25) is 0 Å². The molecule has 0 bridgehead atoms. The molecular weight excluding hydrogens is 530 g/mol. The third kappa shape index (κ3) is 4.36. The lowest BCUT2D eigenvalue weighted by atomic mass is 9.44. The average molecular weight is 578 g/mol. The lowest BCUT2D eigenvalue weighted by molar-refractivity contribution is -0.273. The Labute approximate surface area is 249 Å². The van der Waals surface area contributed by atoms with Gasteiger partial charge < -0.3 is 14.5 Å². The molecule has 2 unspecified atom stereocenters. The molecule has 2 saturated carbocycles. The van der Waals surface area contributed by atoms with Crippen molar-refractivity contribution in [2.45, 2.75) is 96.5 Å². The number of rotatable bonds is 4. The van der Waals surface area contributed by atoms with E-state index in [4.69, 9.17) is 9.47 Å². The van der Waals surface area contributed by atoms with Crippen LogP contribution in [0.2, 0.25) is 0 Å². The van der Waals surface area contributed by atoms with Gasteiger partial charge in [0, 0.05) is 40.7 Å². The smallest absolute Gasteiger partial charge is 0.303 e. The molecule has 3 aliphatic carbocycles. The summed E-state index contributed by atoms with van der Waals surface area (Å²) < 4.78 is 12.5. The van der Waals surface area contributed by atoms with Crippen molar-refractivity contribution in [3.05, 3.63) is 52.1 Å². The molecule has 6 rings (SSSR count). The summed E-state index contributed by atoms with van der Waals surface area (Å²) in [6, 6.07) is 8.34. The van der Waals surface area contributed by atoms with E-state index in [0.717, 1.165) is 31.3 Å². The van der Waals surface area contributed by atoms with Crippen molar-refractivity contribution < 1.29 is 19.1 Å². The first-order valence-electron chi connectivity index (χ1n) is 15.3. The molecule has 0 spiro atoms. The molecule has 1 aromatic carbocycles. The molecule has 2 heterocycles. The Morgan fingerprint density at radius 3 is 2.40 bits per heavy atom. The number of carbonyl (C=O) groups is 2. The summed E-state index contributed by atoms with van der Waals surface area (Å²) in [4.78, 5) is 39.3. The van der Waals surface area contributed by atoms with E-state index in [9.17, 15) is 14.5 Å². The fraction of sp³-hybridized carbons (Fsp3) is 0.647. The lowest BCUT2D eigenvalue weighted by Crippen LogP contribution is -2.63. The van der Waals surface area contributed by atoms with Gasteiger partial charge in [-0.2, -0.15) is 0 Å². The number of ether oxygens (including phenoxy) is 2. The van der Waals surface area contributed by atoms with Crippen molar-refractivity contribution >= 4 is 22.6 Å². The average Bonchev–Trinajstić information content (AvgIpc) is 3.44. The number of nitroso groups, excluding NO2 is 1. The van der Waals surface area contributed by atoms with Gasteiger partial charge in [0.25, 0.3) is 0 Å². The van der Waals surface area contributed by atoms with E-state index in [0.29, 0.717) is 5.92 Å². The van der Waals surface area contributed by atoms with Crippen molar-refractivity contribution in [2.24, 2.45) is 28.3 Å². The van der Waals surface area contributed by atoms with Crippen LogP contribution in [0.1, 0.15) is 78.5 Å². The van der Waals surface area contributed by atoms with Gasteiger partial charge in [0.05, 0.1) is 6.04 Å². The van der Waals surface area contributed by atoms with Crippen LogP contribution in [0.5, 0.6) is 0 Å². The topological polar surface area (TPSA) is 101 Å². The number of nitrogens with zero attached hydrogens (tertiary/aromatic N) is 2. The second-order valence-corrected chi connectivity index (χ2v) is 14.3. The number of aromatic amines is 1. The van der Waals surface area contributed by atoms with Gasteiger partial charge in [0.1, 0.15) is 5.60 Å². The highest BCUT2D eigenvalue weighted by atomic mass is 16.7. The monoisotopic (exact) mass is 577 g/mol. The largest absolute Gasteiger partial charge is 0.358 e. The number of amides is 1. The quantitative estimate of drug-likeness (QED) is 0.427. The first kappa shape index (κ1) is 30.8. The second kappa shape index (κ2) is 10.5. The number of methoxy groups -OCH3 is 1. The zero-order valence-corrected chi connectivity index (χ0v) is 26.7. The summed E-state index contributed by atoms with van der Waals surface area (Å²) >= 11 is 0. The fourth-order valence-electron chi connectivity index (χ4n) is 8.98. The minimum atomic E-state index is -0.841. The molecule has 2 fully saturated rings. The summed E-state index contributed by atoms with van der Waals surface area (Å²) in [5.41, 5.74) is 4.52. The Morgan fingerprint density at radius 2 is 1.81 bits per heavy atom. The zero-order valence-electron chi connectivity index (χ0n) is 26.7. The molecule has 4 aliphatic rings. The first-order chi connectivity index (χ1) is 19.7. The number of para-hydroxylation sites is 1. The molecule has 1 N–H and O–H groups in total. The predicted molar refractivity (Wildman–Crippen MR) is 164 cm³/mol. The summed E-state index contributed by atoms with van der Waals surface area (Å²) in [5, 5.41) is 3.78. The predicted octanol–water partition coefficient (Wildman–Crippen LogP) is 6.32. The van der Waals surface area contributed by atoms with Crippen LogP contribution in [0.25, 0.3) is 10.9 Å². The highest BCUT2D eigenvalue weighted by Gasteiger charge is 2.67. The third-order valence-electron chi connectivity index (χ3n) is 11.3. The number of H-pyrrole nitrogens is 1. The molecule has 42 heavy (non-hydrogen) atoms. The summed E-state index contributed by atoms with van der Waals surface area (Å²) in [6.07, 6.45) is 7.11. The number of carbonyl (C=O) groups excluding carboxylic acids is 2. The second-order valence-electron chi connectivity index (χ2n) is 14.3. The highest BCUT2D eigenvalue weighted by Crippen LogP contribution is 2.69. The minimum absolute atomic E-state index is 0.0427. The van der Waals surface area contributed by atoms with Crippen LogP contribution in [-0.4, -0.2) is 60.2 Å². The summed E-state index contributed by atoms with van der Waals surface area (Å²) in [7, 11) is 5.25. The molecule has 1 amide bonds. The number of ketones is 1. The Hall–Kier alpha value is -2.68. The van der Waals surface area contributed by atoms with Crippen LogP contribution >= 0.6 is 0 Å². The number of hydrogen-bond donors (Lipinski definition) is 1. The first-order valence-corrected chi connectivity index (χ1v) is 15.3. The van der Waals surface area contributed by atoms with Gasteiger partial charge in [-0.3, -0.25) is 14.5 Å². The van der Waals surface area contributed by atoms with Crippen molar-refractivity contribution in [1.29, 1.82) is 0 Å². The van der Waals surface area contributed by atoms with Gasteiger partial charge >= 0.3 is 5.91 Å². The number of likely N-dealkylation sites (N-methyl/N-ethyl adjacent to an activating group) is 1. The van der Waals surface area contributed by atoms with Crippen LogP contribution in [0.3, 0.4) is 0 Å². The summed E-state index contributed by atoms with van der Waals surface area (Å²) in [6.45, 7) is 12.4. The van der Waals surface area contributed by atoms with Crippen molar-refractivity contribution in [3.63, 3.8) is 0 Å². The van der Waals surface area contributed by atoms with Gasteiger partial charge in [-0.25, -0.2) is 0 Å². The van der Waals surface area contributed by atoms with E-state index in [1.165, 1.54) is 28.6 Å². The molecule has 1 aliphatic heterocycles. The van der Waals surface area contributed by atoms with E-state index < -0.39 is 17.3 Å². The van der Waals surface area contributed by atoms with Gasteiger partial charge in [0.15, 0.2) is 11.6 Å². The van der Waals surface area contributed by atoms with Crippen LogP contribution in [-0.2, 0) is 30.9 Å². The summed E-state index contributed by atoms with van der Waals surface area (Å²) in [5.74, 6) is -0.275. The minimum Gasteiger partial charge on any atom is -0.358 e. The van der Waals surface area contributed by atoms with Crippen molar-refractivity contribution in [2.75, 3.05) is 21.2 Å². The maximum atomic E-state index is 13.0. The van der Waals surface area contributed by atoms with E-state index in [1.54, 1.807) is 26.1 Å². The highest BCUT2D eigenvalue weighted by molar-refractivity contribution is 5.98. The normalized spacial score (nSPS) is 33.6.